The number of hydrogen-bond acceptors (Lipinski definition) is 8. The van der Waals surface area contributed by atoms with Gasteiger partial charge in [-0.25, -0.2) is 9.78 Å². The normalized spacial score (nSPS) is 13.1. The predicted molar refractivity (Wildman–Crippen MR) is 138 cm³/mol. The summed E-state index contributed by atoms with van der Waals surface area (Å²) in [6, 6.07) is 19.8. The van der Waals surface area contributed by atoms with E-state index in [9.17, 15) is 10.2 Å². The Bertz CT molecular complexity index is 621. The third-order valence-corrected chi connectivity index (χ3v) is 5.08. The minimum atomic E-state index is -0.406. The fourth-order valence-electron chi connectivity index (χ4n) is 2.42. The fraction of sp³-hybridized carbons (Fsp3) is 0.538. The van der Waals surface area contributed by atoms with Crippen LogP contribution in [0.4, 0.5) is 0 Å². The molecule has 0 saturated carbocycles. The Labute approximate surface area is 243 Å². The molecule has 4 atom stereocenters. The van der Waals surface area contributed by atoms with Gasteiger partial charge in [0.05, 0.1) is 25.4 Å². The van der Waals surface area contributed by atoms with Gasteiger partial charge in [-0.05, 0) is 67.0 Å². The monoisotopic (exact) mass is 610 g/mol. The Morgan fingerprint density at radius 1 is 0.611 bits per heavy atom. The van der Waals surface area contributed by atoms with Crippen molar-refractivity contribution in [2.24, 2.45) is 0 Å². The van der Waals surface area contributed by atoms with Crippen molar-refractivity contribution >= 4 is 0 Å². The van der Waals surface area contributed by atoms with E-state index in [2.05, 4.69) is 9.78 Å². The van der Waals surface area contributed by atoms with Crippen molar-refractivity contribution in [1.82, 2.24) is 9.80 Å². The number of benzene rings is 2. The van der Waals surface area contributed by atoms with Gasteiger partial charge in [0.15, 0.2) is 0 Å². The number of hydrogen-bond donors (Lipinski definition) is 4. The SMILES string of the molecule is CCOO.CCOO.C[C@H]([C@H](O)c1ccccc1)N(C)C.C[C@H]([C@H](O)c1ccccc1)N(C)C.[Zn].[Zn]. The zero-order valence-corrected chi connectivity index (χ0v) is 29.3. The number of nitrogens with zero attached hydrogens (tertiary/aromatic N) is 2. The number of aliphatic hydroxyl groups is 2. The molecule has 0 aliphatic heterocycles. The van der Waals surface area contributed by atoms with Crippen molar-refractivity contribution in [3.8, 4) is 0 Å². The number of rotatable bonds is 8. The van der Waals surface area contributed by atoms with Gasteiger partial charge in [-0.3, -0.25) is 10.5 Å². The van der Waals surface area contributed by atoms with Crippen LogP contribution in [-0.2, 0) is 48.7 Å². The quantitative estimate of drug-likeness (QED) is 0.198. The van der Waals surface area contributed by atoms with E-state index < -0.39 is 12.2 Å². The molecule has 2 aromatic carbocycles. The summed E-state index contributed by atoms with van der Waals surface area (Å²) < 4.78 is 0. The third-order valence-electron chi connectivity index (χ3n) is 5.08. The molecule has 36 heavy (non-hydrogen) atoms. The van der Waals surface area contributed by atoms with Crippen molar-refractivity contribution in [2.75, 3.05) is 41.4 Å². The average Bonchev–Trinajstić information content (AvgIpc) is 2.88. The Balaban J connectivity index is -0.000000211. The second kappa shape index (κ2) is 27.4. The Hall–Kier alpha value is -0.633. The first-order valence-electron chi connectivity index (χ1n) is 11.4. The van der Waals surface area contributed by atoms with E-state index >= 15 is 0 Å². The standard InChI is InChI=1S/2C11H17NO.2C2H6O2.2Zn/c2*1-9(12(2)3)11(13)10-7-5-4-6-8-10;2*1-2-4-3;;/h2*4-9,11,13H,1-3H3;2*3H,2H2,1H3;;/t2*9-,11+;;;;/m11..../s1. The van der Waals surface area contributed by atoms with Gasteiger partial charge in [0.2, 0.25) is 0 Å². The molecule has 0 saturated heterocycles. The van der Waals surface area contributed by atoms with Crippen LogP contribution in [0.25, 0.3) is 0 Å². The molecule has 8 nitrogen and oxygen atoms in total. The van der Waals surface area contributed by atoms with E-state index in [1.165, 1.54) is 0 Å². The molecule has 4 N–H and O–H groups in total. The van der Waals surface area contributed by atoms with Crippen molar-refractivity contribution in [3.63, 3.8) is 0 Å². The van der Waals surface area contributed by atoms with Gasteiger partial charge >= 0.3 is 0 Å². The molecular weight excluding hydrogens is 567 g/mol. The molecule has 0 radical (unpaired) electrons. The fourth-order valence-corrected chi connectivity index (χ4v) is 2.42. The largest absolute Gasteiger partial charge is 0.387 e. The van der Waals surface area contributed by atoms with E-state index in [0.717, 1.165) is 11.1 Å². The van der Waals surface area contributed by atoms with Gasteiger partial charge in [-0.15, -0.1) is 0 Å². The molecular formula is C26H46N2O6Zn2. The second-order valence-electron chi connectivity index (χ2n) is 7.96. The zero-order chi connectivity index (χ0) is 26.5. The van der Waals surface area contributed by atoms with E-state index in [1.54, 1.807) is 13.8 Å². The first-order chi connectivity index (χ1) is 16.1. The van der Waals surface area contributed by atoms with Crippen LogP contribution in [0.1, 0.15) is 51.0 Å². The Morgan fingerprint density at radius 2 is 0.833 bits per heavy atom. The molecule has 0 heterocycles. The summed E-state index contributed by atoms with van der Waals surface area (Å²) in [5.41, 5.74) is 1.95. The summed E-state index contributed by atoms with van der Waals surface area (Å²) in [7, 11) is 7.88. The Morgan fingerprint density at radius 3 is 1.00 bits per heavy atom. The molecule has 2 aromatic rings. The van der Waals surface area contributed by atoms with E-state index in [0.29, 0.717) is 13.2 Å². The van der Waals surface area contributed by atoms with Crippen molar-refractivity contribution in [3.05, 3.63) is 71.8 Å². The van der Waals surface area contributed by atoms with Gasteiger partial charge in [0, 0.05) is 51.0 Å². The van der Waals surface area contributed by atoms with Gasteiger partial charge < -0.3 is 20.0 Å². The summed E-state index contributed by atoms with van der Waals surface area (Å²) in [4.78, 5) is 11.1. The second-order valence-corrected chi connectivity index (χ2v) is 7.96. The van der Waals surface area contributed by atoms with Gasteiger partial charge in [-0.2, -0.15) is 0 Å². The summed E-state index contributed by atoms with van der Waals surface area (Å²) in [5.74, 6) is 0. The molecule has 10 heteroatoms. The van der Waals surface area contributed by atoms with Crippen molar-refractivity contribution < 1.29 is 69.5 Å². The molecule has 200 valence electrons. The minimum absolute atomic E-state index is 0. The molecule has 0 aliphatic carbocycles. The first-order valence-corrected chi connectivity index (χ1v) is 11.4. The number of likely N-dealkylation sites (N-methyl/N-ethyl adjacent to an activating group) is 2. The topological polar surface area (TPSA) is 106 Å². The van der Waals surface area contributed by atoms with Crippen molar-refractivity contribution in [1.29, 1.82) is 0 Å². The van der Waals surface area contributed by atoms with E-state index in [1.807, 2.05) is 113 Å². The Kier molecular flexibility index (Phi) is 32.3. The van der Waals surface area contributed by atoms with Crippen LogP contribution >= 0.6 is 0 Å². The maximum atomic E-state index is 9.92. The predicted octanol–water partition coefficient (Wildman–Crippen LogP) is 4.33. The van der Waals surface area contributed by atoms with Crippen LogP contribution in [0.2, 0.25) is 0 Å². The number of aliphatic hydroxyl groups excluding tert-OH is 2. The third kappa shape index (κ3) is 20.4. The minimum Gasteiger partial charge on any atom is -0.387 e. The maximum Gasteiger partial charge on any atom is 0.0942 e. The molecule has 2 rings (SSSR count). The molecule has 0 spiro atoms. The van der Waals surface area contributed by atoms with Crippen LogP contribution < -0.4 is 0 Å². The molecule has 0 aromatic heterocycles. The molecule has 0 bridgehead atoms. The van der Waals surface area contributed by atoms with Crippen LogP contribution in [-0.4, -0.2) is 84.0 Å². The maximum absolute atomic E-state index is 9.92. The van der Waals surface area contributed by atoms with E-state index in [-0.39, 0.29) is 51.0 Å². The van der Waals surface area contributed by atoms with Gasteiger partial charge in [0.1, 0.15) is 0 Å². The zero-order valence-electron chi connectivity index (χ0n) is 23.4. The van der Waals surface area contributed by atoms with Crippen LogP contribution in [0.15, 0.2) is 60.7 Å². The van der Waals surface area contributed by atoms with Crippen LogP contribution in [0.3, 0.4) is 0 Å². The van der Waals surface area contributed by atoms with Gasteiger partial charge in [0.25, 0.3) is 0 Å². The average molecular weight is 613 g/mol. The molecule has 0 aliphatic rings. The summed E-state index contributed by atoms with van der Waals surface area (Å²) >= 11 is 0. The summed E-state index contributed by atoms with van der Waals surface area (Å²) in [6.07, 6.45) is -0.813. The van der Waals surface area contributed by atoms with E-state index in [4.69, 9.17) is 10.5 Å². The van der Waals surface area contributed by atoms with Crippen LogP contribution in [0.5, 0.6) is 0 Å². The molecule has 0 amide bonds. The summed E-state index contributed by atoms with van der Waals surface area (Å²) in [6.45, 7) is 8.19. The summed E-state index contributed by atoms with van der Waals surface area (Å²) in [5, 5.41) is 34.6. The smallest absolute Gasteiger partial charge is 0.0942 e. The van der Waals surface area contributed by atoms with Gasteiger partial charge in [-0.1, -0.05) is 60.7 Å². The first kappa shape index (κ1) is 42.5. The van der Waals surface area contributed by atoms with Crippen molar-refractivity contribution in [2.45, 2.75) is 52.0 Å². The molecule has 0 unspecified atom stereocenters. The van der Waals surface area contributed by atoms with Crippen LogP contribution in [0, 0.1) is 0 Å². The molecule has 0 fully saturated rings.